The Morgan fingerprint density at radius 3 is 1.90 bits per heavy atom. The van der Waals surface area contributed by atoms with Crippen molar-refractivity contribution in [2.45, 2.75) is 12.5 Å². The molecule has 0 bridgehead atoms. The quantitative estimate of drug-likeness (QED) is 0.435. The van der Waals surface area contributed by atoms with Gasteiger partial charge < -0.3 is 24.9 Å². The van der Waals surface area contributed by atoms with E-state index in [0.29, 0.717) is 0 Å². The molecule has 1 atom stereocenters. The molecule has 0 aliphatic heterocycles. The SMILES string of the molecule is O=C([O-])CC(O)C(=O)[O-].[Ca+2]. The molecule has 5 nitrogen and oxygen atoms in total. The molecular formula is C4H4CaO5. The van der Waals surface area contributed by atoms with Crippen LogP contribution in [0.4, 0.5) is 0 Å². The van der Waals surface area contributed by atoms with Crippen LogP contribution >= 0.6 is 0 Å². The first-order valence-electron chi connectivity index (χ1n) is 2.13. The van der Waals surface area contributed by atoms with Crippen molar-refractivity contribution in [1.29, 1.82) is 0 Å². The number of aliphatic hydroxyl groups excluding tert-OH is 1. The third kappa shape index (κ3) is 6.28. The minimum Gasteiger partial charge on any atom is -0.550 e. The normalized spacial score (nSPS) is 11.3. The van der Waals surface area contributed by atoms with Gasteiger partial charge in [-0.05, 0) is 0 Å². The topological polar surface area (TPSA) is 100 Å². The van der Waals surface area contributed by atoms with Crippen molar-refractivity contribution in [3.63, 3.8) is 0 Å². The first kappa shape index (κ1) is 12.8. The predicted octanol–water partition coefficient (Wildman–Crippen LogP) is -4.14. The zero-order chi connectivity index (χ0) is 7.44. The van der Waals surface area contributed by atoms with Crippen molar-refractivity contribution in [3.8, 4) is 0 Å². The molecule has 6 heteroatoms. The van der Waals surface area contributed by atoms with E-state index in [1.807, 2.05) is 0 Å². The maximum Gasteiger partial charge on any atom is 2.00 e. The molecule has 0 radical (unpaired) electrons. The molecule has 0 aromatic carbocycles. The summed E-state index contributed by atoms with van der Waals surface area (Å²) in [6, 6.07) is 0. The van der Waals surface area contributed by atoms with Gasteiger partial charge in [0, 0.05) is 12.4 Å². The maximum atomic E-state index is 9.58. The average Bonchev–Trinajstić information content (AvgIpc) is 1.63. The Kier molecular flexibility index (Phi) is 7.56. The van der Waals surface area contributed by atoms with Gasteiger partial charge in [-0.25, -0.2) is 0 Å². The van der Waals surface area contributed by atoms with Gasteiger partial charge in [-0.15, -0.1) is 0 Å². The fourth-order valence-electron chi connectivity index (χ4n) is 0.241. The van der Waals surface area contributed by atoms with Crippen molar-refractivity contribution in [1.82, 2.24) is 0 Å². The summed E-state index contributed by atoms with van der Waals surface area (Å²) >= 11 is 0. The molecule has 0 saturated carbocycles. The van der Waals surface area contributed by atoms with E-state index in [0.717, 1.165) is 0 Å². The van der Waals surface area contributed by atoms with Gasteiger partial charge in [-0.1, -0.05) is 0 Å². The van der Waals surface area contributed by atoms with Crippen molar-refractivity contribution < 1.29 is 24.9 Å². The number of carboxylic acids is 2. The van der Waals surface area contributed by atoms with Crippen LogP contribution in [0.3, 0.4) is 0 Å². The molecule has 0 saturated heterocycles. The van der Waals surface area contributed by atoms with Crippen molar-refractivity contribution in [3.05, 3.63) is 0 Å². The van der Waals surface area contributed by atoms with Gasteiger partial charge in [0.1, 0.15) is 0 Å². The summed E-state index contributed by atoms with van der Waals surface area (Å²) in [6.07, 6.45) is -2.89. The van der Waals surface area contributed by atoms with Gasteiger partial charge in [0.05, 0.1) is 12.1 Å². The Labute approximate surface area is 86.7 Å². The van der Waals surface area contributed by atoms with Gasteiger partial charge >= 0.3 is 37.7 Å². The Hall–Kier alpha value is 0.160. The van der Waals surface area contributed by atoms with E-state index in [9.17, 15) is 19.8 Å². The number of carbonyl (C=O) groups excluding carboxylic acids is 2. The Balaban J connectivity index is 0. The number of hydrogen-bond donors (Lipinski definition) is 1. The zero-order valence-electron chi connectivity index (χ0n) is 5.07. The van der Waals surface area contributed by atoms with Gasteiger partial charge in [0.25, 0.3) is 0 Å². The van der Waals surface area contributed by atoms with E-state index in [1.54, 1.807) is 0 Å². The molecule has 0 rings (SSSR count). The van der Waals surface area contributed by atoms with Crippen LogP contribution < -0.4 is 10.2 Å². The molecule has 52 valence electrons. The molecule has 0 aromatic heterocycles. The maximum absolute atomic E-state index is 9.58. The zero-order valence-corrected chi connectivity index (χ0v) is 7.28. The summed E-state index contributed by atoms with van der Waals surface area (Å²) in [5, 5.41) is 27.3. The van der Waals surface area contributed by atoms with E-state index in [2.05, 4.69) is 0 Å². The Morgan fingerprint density at radius 2 is 1.80 bits per heavy atom. The minimum atomic E-state index is -1.96. The van der Waals surface area contributed by atoms with E-state index >= 15 is 0 Å². The summed E-state index contributed by atoms with van der Waals surface area (Å²) in [7, 11) is 0. The first-order valence-corrected chi connectivity index (χ1v) is 2.13. The number of hydrogen-bond acceptors (Lipinski definition) is 5. The minimum absolute atomic E-state index is 0. The summed E-state index contributed by atoms with van der Waals surface area (Å²) in [5.41, 5.74) is 0. The summed E-state index contributed by atoms with van der Waals surface area (Å²) < 4.78 is 0. The van der Waals surface area contributed by atoms with Crippen molar-refractivity contribution in [2.75, 3.05) is 0 Å². The molecule has 10 heavy (non-hydrogen) atoms. The number of rotatable bonds is 3. The number of aliphatic carboxylic acids is 2. The van der Waals surface area contributed by atoms with Crippen LogP contribution in [0.2, 0.25) is 0 Å². The standard InChI is InChI=1S/C4H6O5.Ca/c5-2(4(8)9)1-3(6)7;/h2,5H,1H2,(H,6,7)(H,8,9);/q;+2/p-2. The second kappa shape index (κ2) is 5.91. The predicted molar refractivity (Wildman–Crippen MR) is 26.4 cm³/mol. The molecule has 0 aliphatic rings. The summed E-state index contributed by atoms with van der Waals surface area (Å²) in [6.45, 7) is 0. The molecule has 1 unspecified atom stereocenters. The largest absolute Gasteiger partial charge is 2.00 e. The van der Waals surface area contributed by atoms with Crippen LogP contribution in [0.15, 0.2) is 0 Å². The molecule has 0 spiro atoms. The van der Waals surface area contributed by atoms with Gasteiger partial charge in [0.15, 0.2) is 0 Å². The summed E-state index contributed by atoms with van der Waals surface area (Å²) in [4.78, 5) is 19.1. The van der Waals surface area contributed by atoms with Crippen LogP contribution in [0, 0.1) is 0 Å². The molecule has 0 heterocycles. The van der Waals surface area contributed by atoms with Crippen LogP contribution in [0.1, 0.15) is 6.42 Å². The Bertz CT molecular complexity index is 134. The van der Waals surface area contributed by atoms with Crippen LogP contribution in [0.5, 0.6) is 0 Å². The van der Waals surface area contributed by atoms with E-state index in [1.165, 1.54) is 0 Å². The second-order valence-electron chi connectivity index (χ2n) is 1.41. The number of aliphatic hydroxyl groups is 1. The molecule has 0 amide bonds. The van der Waals surface area contributed by atoms with E-state index < -0.39 is 24.5 Å². The van der Waals surface area contributed by atoms with Crippen molar-refractivity contribution >= 4 is 49.7 Å². The average molecular weight is 172 g/mol. The molecule has 0 fully saturated rings. The van der Waals surface area contributed by atoms with E-state index in [-0.39, 0.29) is 37.7 Å². The third-order valence-electron chi connectivity index (χ3n) is 0.632. The first-order chi connectivity index (χ1) is 4.04. The molecule has 1 N–H and O–H groups in total. The molecule has 0 aliphatic carbocycles. The Morgan fingerprint density at radius 1 is 1.40 bits per heavy atom. The van der Waals surface area contributed by atoms with Gasteiger partial charge in [-0.3, -0.25) is 0 Å². The van der Waals surface area contributed by atoms with E-state index in [4.69, 9.17) is 5.11 Å². The fraction of sp³-hybridized carbons (Fsp3) is 0.500. The molecule has 0 aromatic rings. The van der Waals surface area contributed by atoms with Gasteiger partial charge in [0.2, 0.25) is 0 Å². The number of carboxylic acid groups (broad SMARTS) is 2. The second-order valence-corrected chi connectivity index (χ2v) is 1.41. The fourth-order valence-corrected chi connectivity index (χ4v) is 0.241. The molecular weight excluding hydrogens is 168 g/mol. The van der Waals surface area contributed by atoms with Crippen molar-refractivity contribution in [2.24, 2.45) is 0 Å². The third-order valence-corrected chi connectivity index (χ3v) is 0.632. The van der Waals surface area contributed by atoms with Crippen LogP contribution in [0.25, 0.3) is 0 Å². The monoisotopic (exact) mass is 172 g/mol. The summed E-state index contributed by atoms with van der Waals surface area (Å²) in [5.74, 6) is -3.43. The number of carbonyl (C=O) groups is 2. The van der Waals surface area contributed by atoms with Crippen LogP contribution in [-0.4, -0.2) is 60.9 Å². The van der Waals surface area contributed by atoms with Crippen LogP contribution in [-0.2, 0) is 9.59 Å². The van der Waals surface area contributed by atoms with Gasteiger partial charge in [-0.2, -0.15) is 0 Å². The smallest absolute Gasteiger partial charge is 0.550 e.